The van der Waals surface area contributed by atoms with Gasteiger partial charge in [0.05, 0.1) is 5.75 Å². The van der Waals surface area contributed by atoms with Gasteiger partial charge in [-0.05, 0) is 50.5 Å². The Morgan fingerprint density at radius 1 is 1.20 bits per heavy atom. The van der Waals surface area contributed by atoms with Gasteiger partial charge in [0.15, 0.2) is 0 Å². The zero-order valence-electron chi connectivity index (χ0n) is 9.99. The molecule has 3 nitrogen and oxygen atoms in total. The van der Waals surface area contributed by atoms with Gasteiger partial charge in [-0.15, -0.1) is 0 Å². The molecule has 1 aliphatic carbocycles. The van der Waals surface area contributed by atoms with Crippen LogP contribution in [0.5, 0.6) is 0 Å². The predicted octanol–water partition coefficient (Wildman–Crippen LogP) is 2.00. The third-order valence-electron chi connectivity index (χ3n) is 3.60. The van der Waals surface area contributed by atoms with E-state index in [2.05, 4.69) is 18.6 Å². The van der Waals surface area contributed by atoms with Crippen LogP contribution in [0, 0.1) is 17.8 Å². The topological polar surface area (TPSA) is 46.2 Å². The zero-order valence-corrected chi connectivity index (χ0v) is 10.8. The molecule has 1 aliphatic rings. The van der Waals surface area contributed by atoms with Crippen LogP contribution in [-0.4, -0.2) is 21.2 Å². The van der Waals surface area contributed by atoms with Crippen molar-refractivity contribution in [3.05, 3.63) is 0 Å². The molecule has 90 valence electrons. The van der Waals surface area contributed by atoms with Crippen LogP contribution in [0.3, 0.4) is 0 Å². The molecule has 1 fully saturated rings. The van der Waals surface area contributed by atoms with E-state index in [1.54, 1.807) is 0 Å². The molecule has 15 heavy (non-hydrogen) atoms. The predicted molar refractivity (Wildman–Crippen MR) is 63.1 cm³/mol. The summed E-state index contributed by atoms with van der Waals surface area (Å²) in [5.74, 6) is 2.23. The highest BCUT2D eigenvalue weighted by molar-refractivity contribution is 7.89. The van der Waals surface area contributed by atoms with Crippen molar-refractivity contribution in [3.63, 3.8) is 0 Å². The van der Waals surface area contributed by atoms with Crippen LogP contribution >= 0.6 is 0 Å². The Hall–Kier alpha value is -0.0900. The summed E-state index contributed by atoms with van der Waals surface area (Å²) >= 11 is 0. The lowest BCUT2D eigenvalue weighted by atomic mass is 9.78. The zero-order chi connectivity index (χ0) is 11.5. The number of hydrogen-bond donors (Lipinski definition) is 1. The molecule has 1 N–H and O–H groups in total. The first kappa shape index (κ1) is 13.0. The molecular weight excluding hydrogens is 210 g/mol. The van der Waals surface area contributed by atoms with Crippen molar-refractivity contribution >= 4 is 10.0 Å². The number of sulfonamides is 1. The number of nitrogens with one attached hydrogen (secondary N) is 1. The average Bonchev–Trinajstić information content (AvgIpc) is 2.18. The van der Waals surface area contributed by atoms with Crippen molar-refractivity contribution in [2.45, 2.75) is 39.5 Å². The van der Waals surface area contributed by atoms with Gasteiger partial charge < -0.3 is 0 Å². The van der Waals surface area contributed by atoms with E-state index in [9.17, 15) is 8.42 Å². The van der Waals surface area contributed by atoms with E-state index in [1.807, 2.05) is 0 Å². The fourth-order valence-electron chi connectivity index (χ4n) is 2.42. The van der Waals surface area contributed by atoms with E-state index in [1.165, 1.54) is 19.9 Å². The second kappa shape index (κ2) is 5.30. The van der Waals surface area contributed by atoms with Gasteiger partial charge in [0, 0.05) is 0 Å². The van der Waals surface area contributed by atoms with E-state index >= 15 is 0 Å². The molecule has 0 amide bonds. The Kier molecular flexibility index (Phi) is 4.59. The lowest BCUT2D eigenvalue weighted by Gasteiger charge is -2.30. The van der Waals surface area contributed by atoms with Crippen LogP contribution in [0.25, 0.3) is 0 Å². The summed E-state index contributed by atoms with van der Waals surface area (Å²) in [6, 6.07) is 0. The van der Waals surface area contributed by atoms with Crippen molar-refractivity contribution in [2.75, 3.05) is 12.8 Å². The highest BCUT2D eigenvalue weighted by atomic mass is 32.2. The Balaban J connectivity index is 2.38. The minimum atomic E-state index is -3.01. The first-order valence-electron chi connectivity index (χ1n) is 5.86. The van der Waals surface area contributed by atoms with Gasteiger partial charge in [-0.25, -0.2) is 13.1 Å². The first-order valence-corrected chi connectivity index (χ1v) is 7.51. The monoisotopic (exact) mass is 233 g/mol. The first-order chi connectivity index (χ1) is 6.94. The van der Waals surface area contributed by atoms with Crippen LogP contribution in [0.15, 0.2) is 0 Å². The smallest absolute Gasteiger partial charge is 0.211 e. The minimum Gasteiger partial charge on any atom is -0.218 e. The fourth-order valence-corrected chi connectivity index (χ4v) is 3.54. The van der Waals surface area contributed by atoms with Crippen molar-refractivity contribution in [3.8, 4) is 0 Å². The van der Waals surface area contributed by atoms with Gasteiger partial charge in [-0.3, -0.25) is 0 Å². The molecule has 0 aliphatic heterocycles. The fraction of sp³-hybridized carbons (Fsp3) is 1.00. The van der Waals surface area contributed by atoms with Gasteiger partial charge in [0.1, 0.15) is 0 Å². The Labute approximate surface area is 93.7 Å². The van der Waals surface area contributed by atoms with Gasteiger partial charge in [0.25, 0.3) is 0 Å². The summed E-state index contributed by atoms with van der Waals surface area (Å²) < 4.78 is 25.1. The van der Waals surface area contributed by atoms with Crippen LogP contribution in [0.1, 0.15) is 39.5 Å². The lowest BCUT2D eigenvalue weighted by Crippen LogP contribution is -2.29. The summed E-state index contributed by atoms with van der Waals surface area (Å²) in [6.45, 7) is 4.52. The van der Waals surface area contributed by atoms with E-state index in [-0.39, 0.29) is 0 Å². The van der Waals surface area contributed by atoms with E-state index < -0.39 is 10.0 Å². The van der Waals surface area contributed by atoms with Crippen LogP contribution in [0.4, 0.5) is 0 Å². The standard InChI is InChI=1S/C11H23NO2S/c1-9(2)11-6-4-10(5-7-11)8-15(13,14)12-3/h9-12H,4-8H2,1-3H3. The summed E-state index contributed by atoms with van der Waals surface area (Å²) in [6.07, 6.45) is 4.54. The summed E-state index contributed by atoms with van der Waals surface area (Å²) in [5.41, 5.74) is 0. The maximum atomic E-state index is 11.4. The normalized spacial score (nSPS) is 28.3. The molecule has 0 spiro atoms. The van der Waals surface area contributed by atoms with Crippen LogP contribution < -0.4 is 4.72 Å². The number of hydrogen-bond acceptors (Lipinski definition) is 2. The highest BCUT2D eigenvalue weighted by Crippen LogP contribution is 2.33. The van der Waals surface area contributed by atoms with E-state index in [4.69, 9.17) is 0 Å². The van der Waals surface area contributed by atoms with Crippen molar-refractivity contribution < 1.29 is 8.42 Å². The largest absolute Gasteiger partial charge is 0.218 e. The molecular formula is C11H23NO2S. The van der Waals surface area contributed by atoms with Gasteiger partial charge in [-0.1, -0.05) is 13.8 Å². The summed E-state index contributed by atoms with van der Waals surface area (Å²) in [7, 11) is -1.51. The molecule has 0 aromatic heterocycles. The quantitative estimate of drug-likeness (QED) is 0.807. The van der Waals surface area contributed by atoms with Crippen molar-refractivity contribution in [1.29, 1.82) is 0 Å². The third kappa shape index (κ3) is 4.11. The summed E-state index contributed by atoms with van der Waals surface area (Å²) in [5, 5.41) is 0. The maximum Gasteiger partial charge on any atom is 0.211 e. The lowest BCUT2D eigenvalue weighted by molar-refractivity contribution is 0.235. The van der Waals surface area contributed by atoms with Crippen molar-refractivity contribution in [1.82, 2.24) is 4.72 Å². The third-order valence-corrected chi connectivity index (χ3v) is 5.13. The molecule has 4 heteroatoms. The SMILES string of the molecule is CNS(=O)(=O)CC1CCC(C(C)C)CC1. The molecule has 1 rings (SSSR count). The molecule has 0 atom stereocenters. The molecule has 0 unspecified atom stereocenters. The van der Waals surface area contributed by atoms with Crippen LogP contribution in [0.2, 0.25) is 0 Å². The maximum absolute atomic E-state index is 11.4. The average molecular weight is 233 g/mol. The number of rotatable bonds is 4. The molecule has 0 aromatic carbocycles. The second-order valence-corrected chi connectivity index (χ2v) is 6.98. The molecule has 0 heterocycles. The highest BCUT2D eigenvalue weighted by Gasteiger charge is 2.26. The second-order valence-electron chi connectivity index (χ2n) is 5.01. The van der Waals surface area contributed by atoms with Crippen LogP contribution in [-0.2, 0) is 10.0 Å². The van der Waals surface area contributed by atoms with Gasteiger partial charge in [-0.2, -0.15) is 0 Å². The molecule has 0 saturated heterocycles. The summed E-state index contributed by atoms with van der Waals surface area (Å²) in [4.78, 5) is 0. The van der Waals surface area contributed by atoms with E-state index in [0.717, 1.165) is 24.7 Å². The van der Waals surface area contributed by atoms with E-state index in [0.29, 0.717) is 11.7 Å². The Morgan fingerprint density at radius 2 is 1.73 bits per heavy atom. The van der Waals surface area contributed by atoms with Gasteiger partial charge in [0.2, 0.25) is 10.0 Å². The minimum absolute atomic E-state index is 0.314. The molecule has 1 saturated carbocycles. The van der Waals surface area contributed by atoms with Gasteiger partial charge >= 0.3 is 0 Å². The Bertz CT molecular complexity index is 277. The molecule has 0 bridgehead atoms. The van der Waals surface area contributed by atoms with Crippen molar-refractivity contribution in [2.24, 2.45) is 17.8 Å². The molecule has 0 radical (unpaired) electrons. The Morgan fingerprint density at radius 3 is 2.13 bits per heavy atom. The molecule has 0 aromatic rings.